The zero-order chi connectivity index (χ0) is 23.8. The molecule has 1 amide bonds. The van der Waals surface area contributed by atoms with Crippen molar-refractivity contribution in [2.45, 2.75) is 18.6 Å². The predicted molar refractivity (Wildman–Crippen MR) is 116 cm³/mol. The van der Waals surface area contributed by atoms with Gasteiger partial charge in [0, 0.05) is 46.3 Å². The number of benzene rings is 1. The Morgan fingerprint density at radius 3 is 2.55 bits per heavy atom. The van der Waals surface area contributed by atoms with Crippen LogP contribution in [0.1, 0.15) is 6.92 Å². The summed E-state index contributed by atoms with van der Waals surface area (Å²) in [5.41, 5.74) is 0.163. The van der Waals surface area contributed by atoms with Gasteiger partial charge in [0.25, 0.3) is 10.0 Å². The second kappa shape index (κ2) is 8.83. The van der Waals surface area contributed by atoms with Gasteiger partial charge in [-0.15, -0.1) is 0 Å². The topological polar surface area (TPSA) is 123 Å². The van der Waals surface area contributed by atoms with Gasteiger partial charge in [-0.3, -0.25) is 4.79 Å². The van der Waals surface area contributed by atoms with Gasteiger partial charge in [-0.2, -0.15) is 9.05 Å². The summed E-state index contributed by atoms with van der Waals surface area (Å²) in [6, 6.07) is 4.39. The zero-order valence-corrected chi connectivity index (χ0v) is 18.9. The van der Waals surface area contributed by atoms with Gasteiger partial charge in [0.1, 0.15) is 12.5 Å². The highest BCUT2D eigenvalue weighted by Gasteiger charge is 2.31. The van der Waals surface area contributed by atoms with E-state index in [1.54, 1.807) is 28.6 Å². The van der Waals surface area contributed by atoms with Crippen LogP contribution in [0.25, 0.3) is 11.1 Å². The minimum atomic E-state index is -3.71. The van der Waals surface area contributed by atoms with Crippen LogP contribution in [-0.2, 0) is 28.5 Å². The average molecular weight is 479 g/mol. The maximum atomic E-state index is 14.9. The Bertz CT molecular complexity index is 1340. The van der Waals surface area contributed by atoms with Gasteiger partial charge in [-0.05, 0) is 17.7 Å². The van der Waals surface area contributed by atoms with Gasteiger partial charge >= 0.3 is 5.63 Å². The molecule has 0 atom stereocenters. The number of imidazole rings is 1. The molecule has 1 fully saturated rings. The molecule has 3 aromatic rings. The molecule has 1 aromatic carbocycles. The number of nitrogens with one attached hydrogen (secondary N) is 1. The molecule has 1 aliphatic heterocycles. The van der Waals surface area contributed by atoms with E-state index in [0.717, 1.165) is 4.74 Å². The van der Waals surface area contributed by atoms with E-state index in [9.17, 15) is 22.4 Å². The average Bonchev–Trinajstić information content (AvgIpc) is 3.38. The van der Waals surface area contributed by atoms with Gasteiger partial charge in [-0.1, -0.05) is 6.07 Å². The number of carbonyl (C=O) groups excluding carboxylic acids is 1. The molecule has 0 bridgehead atoms. The molecule has 0 unspecified atom stereocenters. The summed E-state index contributed by atoms with van der Waals surface area (Å²) in [5, 5.41) is 2.49. The van der Waals surface area contributed by atoms with Crippen LogP contribution in [0, 0.1) is 5.82 Å². The third kappa shape index (κ3) is 4.68. The fourth-order valence-electron chi connectivity index (χ4n) is 3.59. The molecule has 176 valence electrons. The lowest BCUT2D eigenvalue weighted by molar-refractivity contribution is -0.119. The van der Waals surface area contributed by atoms with E-state index in [2.05, 4.69) is 10.3 Å². The monoisotopic (exact) mass is 478 g/mol. The van der Waals surface area contributed by atoms with Crippen molar-refractivity contribution in [2.75, 3.05) is 31.1 Å². The van der Waals surface area contributed by atoms with E-state index in [1.807, 2.05) is 0 Å². The number of anilines is 1. The van der Waals surface area contributed by atoms with Crippen molar-refractivity contribution in [1.82, 2.24) is 23.9 Å². The number of halogens is 1. The number of hydrogen-bond acceptors (Lipinski definition) is 7. The molecular weight excluding hydrogens is 455 g/mol. The Morgan fingerprint density at radius 1 is 1.21 bits per heavy atom. The number of carbonyl (C=O) groups is 1. The number of piperazine rings is 1. The molecule has 0 saturated carbocycles. The number of sulfonamides is 1. The summed E-state index contributed by atoms with van der Waals surface area (Å²) in [4.78, 5) is 28.8. The van der Waals surface area contributed by atoms with E-state index in [-0.39, 0.29) is 36.3 Å². The maximum Gasteiger partial charge on any atom is 0.365 e. The van der Waals surface area contributed by atoms with Crippen LogP contribution < -0.4 is 15.8 Å². The molecule has 11 nitrogen and oxygen atoms in total. The van der Waals surface area contributed by atoms with Gasteiger partial charge in [0.2, 0.25) is 5.91 Å². The van der Waals surface area contributed by atoms with Crippen LogP contribution in [0.15, 0.2) is 51.3 Å². The number of aromatic nitrogens is 3. The maximum absolute atomic E-state index is 14.9. The third-order valence-electron chi connectivity index (χ3n) is 5.30. The molecule has 2 aromatic heterocycles. The number of amides is 1. The van der Waals surface area contributed by atoms with Crippen molar-refractivity contribution >= 4 is 21.6 Å². The second-order valence-electron chi connectivity index (χ2n) is 7.66. The molecule has 3 heterocycles. The fourth-order valence-corrected chi connectivity index (χ4v) is 4.98. The summed E-state index contributed by atoms with van der Waals surface area (Å²) in [6.45, 7) is 2.31. The molecule has 4 rings (SSSR count). The van der Waals surface area contributed by atoms with E-state index in [1.165, 1.54) is 36.0 Å². The molecular formula is C20H23FN6O5S. The molecule has 0 aliphatic carbocycles. The molecule has 1 N–H and O–H groups in total. The fraction of sp³-hybridized carbons (Fsp3) is 0.350. The van der Waals surface area contributed by atoms with Crippen molar-refractivity contribution in [1.29, 1.82) is 0 Å². The quantitative estimate of drug-likeness (QED) is 0.550. The zero-order valence-electron chi connectivity index (χ0n) is 18.1. The van der Waals surface area contributed by atoms with Gasteiger partial charge in [0.15, 0.2) is 5.03 Å². The lowest BCUT2D eigenvalue weighted by Gasteiger charge is -2.35. The summed E-state index contributed by atoms with van der Waals surface area (Å²) in [7, 11) is -2.01. The number of rotatable bonds is 6. The van der Waals surface area contributed by atoms with Gasteiger partial charge in [0.05, 0.1) is 23.8 Å². The van der Waals surface area contributed by atoms with Crippen molar-refractivity contribution in [2.24, 2.45) is 7.05 Å². The molecule has 0 radical (unpaired) electrons. The molecule has 0 spiro atoms. The number of nitrogens with zero attached hydrogens (tertiary/aromatic N) is 5. The number of hydrogen-bond donors (Lipinski definition) is 1. The highest BCUT2D eigenvalue weighted by Crippen LogP contribution is 2.27. The van der Waals surface area contributed by atoms with Crippen LogP contribution in [0.4, 0.5) is 10.1 Å². The lowest BCUT2D eigenvalue weighted by Crippen LogP contribution is -2.49. The van der Waals surface area contributed by atoms with E-state index < -0.39 is 21.5 Å². The van der Waals surface area contributed by atoms with Crippen molar-refractivity contribution < 1.29 is 22.1 Å². The van der Waals surface area contributed by atoms with E-state index in [4.69, 9.17) is 4.52 Å². The van der Waals surface area contributed by atoms with Crippen molar-refractivity contribution in [3.05, 3.63) is 53.2 Å². The van der Waals surface area contributed by atoms with E-state index in [0.29, 0.717) is 24.3 Å². The second-order valence-corrected chi connectivity index (χ2v) is 9.55. The van der Waals surface area contributed by atoms with Crippen molar-refractivity contribution in [3.8, 4) is 11.1 Å². The molecule has 1 saturated heterocycles. The minimum absolute atomic E-state index is 0.0155. The Morgan fingerprint density at radius 2 is 1.94 bits per heavy atom. The first-order chi connectivity index (χ1) is 15.6. The van der Waals surface area contributed by atoms with Crippen LogP contribution in [-0.4, -0.2) is 59.1 Å². The van der Waals surface area contributed by atoms with E-state index >= 15 is 0 Å². The standard InChI is InChI=1S/C20H23FN6O5S/c1-14(28)22-13-26-10-16(20(29)32-26)15-3-4-18(17(21)9-15)25-5-7-27(8-6-25)33(30,31)19-11-24(2)12-23-19/h3-4,9-12H,5-8,13H2,1-2H3,(H,22,28). The van der Waals surface area contributed by atoms with Crippen LogP contribution in [0.5, 0.6) is 0 Å². The molecule has 33 heavy (non-hydrogen) atoms. The first kappa shape index (κ1) is 22.7. The molecule has 1 aliphatic rings. The third-order valence-corrected chi connectivity index (χ3v) is 7.08. The lowest BCUT2D eigenvalue weighted by atomic mass is 10.1. The SMILES string of the molecule is CC(=O)NCn1cc(-c2ccc(N3CCN(S(=O)(=O)c4cn(C)cn4)CC3)c(F)c2)c(=O)o1. The Labute approximate surface area is 189 Å². The van der Waals surface area contributed by atoms with Gasteiger partial charge in [-0.25, -0.2) is 22.6 Å². The predicted octanol–water partition coefficient (Wildman–Crippen LogP) is 0.585. The summed E-state index contributed by atoms with van der Waals surface area (Å²) in [6.07, 6.45) is 4.27. The summed E-state index contributed by atoms with van der Waals surface area (Å²) in [5.74, 6) is -0.821. The van der Waals surface area contributed by atoms with Crippen LogP contribution >= 0.6 is 0 Å². The highest BCUT2D eigenvalue weighted by atomic mass is 32.2. The first-order valence-electron chi connectivity index (χ1n) is 10.1. The normalized spacial score (nSPS) is 15.1. The van der Waals surface area contributed by atoms with Crippen molar-refractivity contribution in [3.63, 3.8) is 0 Å². The smallest absolute Gasteiger partial charge is 0.365 e. The first-order valence-corrected chi connectivity index (χ1v) is 11.6. The summed E-state index contributed by atoms with van der Waals surface area (Å²) < 4.78 is 49.5. The Balaban J connectivity index is 1.46. The Kier molecular flexibility index (Phi) is 6.08. The van der Waals surface area contributed by atoms with Crippen LogP contribution in [0.2, 0.25) is 0 Å². The van der Waals surface area contributed by atoms with Gasteiger partial charge < -0.3 is 19.3 Å². The Hall–Kier alpha value is -3.45. The van der Waals surface area contributed by atoms with Crippen LogP contribution in [0.3, 0.4) is 0 Å². The molecule has 13 heteroatoms. The number of aryl methyl sites for hydroxylation is 1. The largest absolute Gasteiger partial charge is 0.367 e. The summed E-state index contributed by atoms with van der Waals surface area (Å²) >= 11 is 0. The highest BCUT2D eigenvalue weighted by molar-refractivity contribution is 7.89. The minimum Gasteiger partial charge on any atom is -0.367 e.